The third-order valence-corrected chi connectivity index (χ3v) is 5.21. The number of nitriles is 1. The van der Waals surface area contributed by atoms with E-state index in [1.165, 1.54) is 18.2 Å². The molecule has 0 saturated carbocycles. The summed E-state index contributed by atoms with van der Waals surface area (Å²) in [5, 5.41) is 12.4. The Labute approximate surface area is 163 Å². The van der Waals surface area contributed by atoms with E-state index in [1.807, 2.05) is 18.7 Å². The Hall–Kier alpha value is -2.17. The molecule has 0 radical (unpaired) electrons. The summed E-state index contributed by atoms with van der Waals surface area (Å²) in [6.45, 7) is 7.36. The van der Waals surface area contributed by atoms with Crippen LogP contribution in [0.15, 0.2) is 18.2 Å². The van der Waals surface area contributed by atoms with Crippen LogP contribution >= 0.6 is 11.6 Å². The highest BCUT2D eigenvalue weighted by molar-refractivity contribution is 6.31. The molecule has 0 spiro atoms. The lowest BCUT2D eigenvalue weighted by atomic mass is 9.90. The first-order valence-corrected chi connectivity index (χ1v) is 9.23. The van der Waals surface area contributed by atoms with Crippen molar-refractivity contribution < 1.29 is 14.0 Å². The molecule has 0 unspecified atom stereocenters. The molecule has 6 nitrogen and oxygen atoms in total. The first-order valence-electron chi connectivity index (χ1n) is 8.85. The van der Waals surface area contributed by atoms with Crippen molar-refractivity contribution in [2.45, 2.75) is 26.3 Å². The van der Waals surface area contributed by atoms with Crippen LogP contribution in [0.1, 0.15) is 31.1 Å². The van der Waals surface area contributed by atoms with Gasteiger partial charge in [0.25, 0.3) is 5.91 Å². The summed E-state index contributed by atoms with van der Waals surface area (Å²) in [5.74, 6) is -1.26. The summed E-state index contributed by atoms with van der Waals surface area (Å²) in [6.07, 6.45) is 0. The van der Waals surface area contributed by atoms with Gasteiger partial charge in [0, 0.05) is 31.2 Å². The third kappa shape index (κ3) is 5.18. The van der Waals surface area contributed by atoms with Gasteiger partial charge in [0.05, 0.1) is 18.2 Å². The molecule has 1 N–H and O–H groups in total. The second-order valence-corrected chi connectivity index (χ2v) is 7.65. The van der Waals surface area contributed by atoms with Crippen molar-refractivity contribution in [1.29, 1.82) is 5.26 Å². The fourth-order valence-corrected chi connectivity index (χ4v) is 2.95. The zero-order valence-corrected chi connectivity index (χ0v) is 16.5. The van der Waals surface area contributed by atoms with Crippen LogP contribution in [-0.2, 0) is 4.79 Å². The van der Waals surface area contributed by atoms with E-state index < -0.39 is 17.3 Å². The lowest BCUT2D eigenvalue weighted by Crippen LogP contribution is -2.55. The fourth-order valence-electron chi connectivity index (χ4n) is 2.77. The number of piperazine rings is 1. The Morgan fingerprint density at radius 3 is 2.52 bits per heavy atom. The molecule has 2 rings (SSSR count). The van der Waals surface area contributed by atoms with E-state index in [2.05, 4.69) is 11.4 Å². The number of rotatable bonds is 5. The molecule has 8 heteroatoms. The summed E-state index contributed by atoms with van der Waals surface area (Å²) >= 11 is 5.85. The maximum absolute atomic E-state index is 13.9. The molecule has 1 aromatic carbocycles. The van der Waals surface area contributed by atoms with Gasteiger partial charge in [0.1, 0.15) is 11.4 Å². The van der Waals surface area contributed by atoms with Gasteiger partial charge in [-0.3, -0.25) is 14.5 Å². The highest BCUT2D eigenvalue weighted by Crippen LogP contribution is 2.18. The van der Waals surface area contributed by atoms with Crippen LogP contribution in [0.4, 0.5) is 4.39 Å². The van der Waals surface area contributed by atoms with Crippen LogP contribution in [0.2, 0.25) is 5.02 Å². The van der Waals surface area contributed by atoms with Crippen LogP contribution < -0.4 is 5.32 Å². The highest BCUT2D eigenvalue weighted by Gasteiger charge is 2.31. The number of amides is 2. The first kappa shape index (κ1) is 21.1. The monoisotopic (exact) mass is 394 g/mol. The predicted octanol–water partition coefficient (Wildman–Crippen LogP) is 2.29. The molecule has 1 saturated heterocycles. The van der Waals surface area contributed by atoms with Crippen LogP contribution in [0.25, 0.3) is 0 Å². The van der Waals surface area contributed by atoms with Crippen molar-refractivity contribution >= 4 is 23.4 Å². The molecular weight excluding hydrogens is 371 g/mol. The minimum absolute atomic E-state index is 0.0199. The molecule has 1 aliphatic rings. The molecule has 0 aliphatic carbocycles. The number of hydrogen-bond acceptors (Lipinski definition) is 4. The smallest absolute Gasteiger partial charge is 0.256 e. The van der Waals surface area contributed by atoms with Crippen molar-refractivity contribution in [3.8, 4) is 6.07 Å². The second kappa shape index (κ2) is 8.68. The summed E-state index contributed by atoms with van der Waals surface area (Å²) in [7, 11) is 0. The lowest BCUT2D eigenvalue weighted by molar-refractivity contribution is -0.124. The van der Waals surface area contributed by atoms with Gasteiger partial charge < -0.3 is 10.2 Å². The Balaban J connectivity index is 1.90. The second-order valence-electron chi connectivity index (χ2n) is 7.21. The largest absolute Gasteiger partial charge is 0.337 e. The Bertz CT molecular complexity index is 757. The van der Waals surface area contributed by atoms with E-state index in [9.17, 15) is 19.2 Å². The average molecular weight is 395 g/mol. The third-order valence-electron chi connectivity index (χ3n) is 4.97. The standard InChI is InChI=1S/C19H24ClFN4O2/c1-13(2)19(3,12-22)23-17(26)11-24-6-8-25(9-7-24)18(27)15-10-14(20)4-5-16(15)21/h4-5,10,13H,6-9,11H2,1-3H3,(H,23,26)/t19-/m1/s1. The Kier molecular flexibility index (Phi) is 6.79. The number of hydrogen-bond donors (Lipinski definition) is 1. The van der Waals surface area contributed by atoms with E-state index in [0.29, 0.717) is 31.2 Å². The topological polar surface area (TPSA) is 76.4 Å². The summed E-state index contributed by atoms with van der Waals surface area (Å²) in [5.41, 5.74) is -0.964. The molecule has 1 aromatic rings. The minimum atomic E-state index is -0.918. The van der Waals surface area contributed by atoms with Crippen molar-refractivity contribution in [2.24, 2.45) is 5.92 Å². The summed E-state index contributed by atoms with van der Waals surface area (Å²) in [6, 6.07) is 6.05. The maximum atomic E-state index is 13.9. The van der Waals surface area contributed by atoms with E-state index in [0.717, 1.165) is 0 Å². The fraction of sp³-hybridized carbons (Fsp3) is 0.526. The van der Waals surface area contributed by atoms with Crippen molar-refractivity contribution in [2.75, 3.05) is 32.7 Å². The van der Waals surface area contributed by atoms with Gasteiger partial charge in [-0.15, -0.1) is 0 Å². The van der Waals surface area contributed by atoms with E-state index in [1.54, 1.807) is 11.8 Å². The highest BCUT2D eigenvalue weighted by atomic mass is 35.5. The first-order chi connectivity index (χ1) is 12.7. The van der Waals surface area contributed by atoms with Crippen molar-refractivity contribution in [3.05, 3.63) is 34.6 Å². The number of nitrogens with one attached hydrogen (secondary N) is 1. The molecule has 146 valence electrons. The van der Waals surface area contributed by atoms with Gasteiger partial charge in [-0.2, -0.15) is 5.26 Å². The van der Waals surface area contributed by atoms with Crippen LogP contribution in [0.3, 0.4) is 0 Å². The number of carbonyl (C=O) groups excluding carboxylic acids is 2. The molecule has 1 aliphatic heterocycles. The maximum Gasteiger partial charge on any atom is 0.256 e. The SMILES string of the molecule is CC(C)[C@@](C)(C#N)NC(=O)CN1CCN(C(=O)c2cc(Cl)ccc2F)CC1. The average Bonchev–Trinajstić information content (AvgIpc) is 2.63. The number of benzene rings is 1. The molecule has 0 aromatic heterocycles. The van der Waals surface area contributed by atoms with Gasteiger partial charge in [0.15, 0.2) is 0 Å². The zero-order valence-electron chi connectivity index (χ0n) is 15.8. The van der Waals surface area contributed by atoms with E-state index in [-0.39, 0.29) is 23.9 Å². The van der Waals surface area contributed by atoms with Crippen molar-refractivity contribution in [1.82, 2.24) is 15.1 Å². The summed E-state index contributed by atoms with van der Waals surface area (Å²) in [4.78, 5) is 28.2. The quantitative estimate of drug-likeness (QED) is 0.831. The normalized spacial score (nSPS) is 17.3. The molecular formula is C19H24ClFN4O2. The molecule has 0 bridgehead atoms. The zero-order chi connectivity index (χ0) is 20.2. The molecule has 1 fully saturated rings. The van der Waals surface area contributed by atoms with Gasteiger partial charge >= 0.3 is 0 Å². The van der Waals surface area contributed by atoms with E-state index in [4.69, 9.17) is 11.6 Å². The van der Waals surface area contributed by atoms with Gasteiger partial charge in [-0.1, -0.05) is 25.4 Å². The summed E-state index contributed by atoms with van der Waals surface area (Å²) < 4.78 is 13.9. The number of carbonyl (C=O) groups is 2. The molecule has 2 amide bonds. The number of nitrogens with zero attached hydrogens (tertiary/aromatic N) is 3. The minimum Gasteiger partial charge on any atom is -0.337 e. The number of halogens is 2. The molecule has 27 heavy (non-hydrogen) atoms. The van der Waals surface area contributed by atoms with Crippen LogP contribution in [0, 0.1) is 23.1 Å². The van der Waals surface area contributed by atoms with Crippen molar-refractivity contribution in [3.63, 3.8) is 0 Å². The van der Waals surface area contributed by atoms with Gasteiger partial charge in [-0.25, -0.2) is 4.39 Å². The molecule has 1 atom stereocenters. The predicted molar refractivity (Wildman–Crippen MR) is 101 cm³/mol. The van der Waals surface area contributed by atoms with Gasteiger partial charge in [-0.05, 0) is 31.0 Å². The van der Waals surface area contributed by atoms with Crippen LogP contribution in [-0.4, -0.2) is 59.9 Å². The Morgan fingerprint density at radius 2 is 1.96 bits per heavy atom. The lowest BCUT2D eigenvalue weighted by Gasteiger charge is -2.35. The van der Waals surface area contributed by atoms with E-state index >= 15 is 0 Å². The molecule has 1 heterocycles. The van der Waals surface area contributed by atoms with Crippen LogP contribution in [0.5, 0.6) is 0 Å². The Morgan fingerprint density at radius 1 is 1.33 bits per heavy atom. The van der Waals surface area contributed by atoms with Gasteiger partial charge in [0.2, 0.25) is 5.91 Å².